The predicted octanol–water partition coefficient (Wildman–Crippen LogP) is 1.59. The zero-order chi connectivity index (χ0) is 15.5. The zero-order valence-electron chi connectivity index (χ0n) is 12.5. The van der Waals surface area contributed by atoms with Crippen LogP contribution in [0, 0.1) is 0 Å². The maximum absolute atomic E-state index is 11.1. The molecule has 0 aliphatic carbocycles. The Morgan fingerprint density at radius 3 is 3.18 bits per heavy atom. The topological polar surface area (TPSA) is 82.2 Å². The summed E-state index contributed by atoms with van der Waals surface area (Å²) in [7, 11) is 1.98. The van der Waals surface area contributed by atoms with E-state index in [1.165, 1.54) is 0 Å². The van der Waals surface area contributed by atoms with Crippen molar-refractivity contribution in [3.8, 4) is 0 Å². The fourth-order valence-corrected chi connectivity index (χ4v) is 3.55. The van der Waals surface area contributed by atoms with Gasteiger partial charge in [-0.1, -0.05) is 0 Å². The SMILES string of the molecule is Cn1ccnc1[C@H]1OCCC[C@@H]1NCc1cc(C(N)=O)cs1. The van der Waals surface area contributed by atoms with Crippen LogP contribution in [0.3, 0.4) is 0 Å². The van der Waals surface area contributed by atoms with Crippen LogP contribution in [-0.4, -0.2) is 28.1 Å². The van der Waals surface area contributed by atoms with Gasteiger partial charge >= 0.3 is 0 Å². The largest absolute Gasteiger partial charge is 0.369 e. The van der Waals surface area contributed by atoms with Crippen molar-refractivity contribution in [3.05, 3.63) is 40.1 Å². The van der Waals surface area contributed by atoms with Crippen LogP contribution in [0.25, 0.3) is 0 Å². The Morgan fingerprint density at radius 1 is 1.64 bits per heavy atom. The molecular weight excluding hydrogens is 300 g/mol. The molecule has 0 radical (unpaired) electrons. The Morgan fingerprint density at radius 2 is 2.50 bits per heavy atom. The summed E-state index contributed by atoms with van der Waals surface area (Å²) >= 11 is 1.54. The van der Waals surface area contributed by atoms with Crippen LogP contribution in [-0.2, 0) is 18.3 Å². The van der Waals surface area contributed by atoms with E-state index in [-0.39, 0.29) is 18.1 Å². The van der Waals surface area contributed by atoms with Crippen molar-refractivity contribution in [1.82, 2.24) is 14.9 Å². The van der Waals surface area contributed by atoms with Crippen molar-refractivity contribution >= 4 is 17.2 Å². The quantitative estimate of drug-likeness (QED) is 0.876. The number of amides is 1. The number of ether oxygens (including phenoxy) is 1. The maximum Gasteiger partial charge on any atom is 0.249 e. The number of hydrogen-bond donors (Lipinski definition) is 2. The standard InChI is InChI=1S/C15H20N4O2S/c1-19-5-4-17-15(19)13-12(3-2-6-21-13)18-8-11-7-10(9-22-11)14(16)20/h4-5,7,9,12-13,18H,2-3,6,8H2,1H3,(H2,16,20)/t12-,13-/m0/s1. The second-order valence-electron chi connectivity index (χ2n) is 5.48. The molecule has 118 valence electrons. The molecule has 0 spiro atoms. The number of carbonyl (C=O) groups excluding carboxylic acids is 1. The van der Waals surface area contributed by atoms with Gasteiger partial charge in [-0.2, -0.15) is 0 Å². The molecule has 3 rings (SSSR count). The fraction of sp³-hybridized carbons (Fsp3) is 0.467. The Hall–Kier alpha value is -1.70. The van der Waals surface area contributed by atoms with Crippen LogP contribution >= 0.6 is 11.3 Å². The fourth-order valence-electron chi connectivity index (χ4n) is 2.73. The highest BCUT2D eigenvalue weighted by atomic mass is 32.1. The number of nitrogens with two attached hydrogens (primary N) is 1. The summed E-state index contributed by atoms with van der Waals surface area (Å²) in [6, 6.07) is 2.06. The molecule has 0 bridgehead atoms. The van der Waals surface area contributed by atoms with Crippen LogP contribution in [0.1, 0.15) is 40.0 Å². The molecule has 3 heterocycles. The minimum atomic E-state index is -0.380. The third-order valence-electron chi connectivity index (χ3n) is 3.91. The molecular formula is C15H20N4O2S. The van der Waals surface area contributed by atoms with Gasteiger partial charge in [0.2, 0.25) is 5.91 Å². The first kappa shape index (κ1) is 15.2. The number of nitrogens with one attached hydrogen (secondary N) is 1. The Kier molecular flexibility index (Phi) is 4.56. The van der Waals surface area contributed by atoms with E-state index >= 15 is 0 Å². The van der Waals surface area contributed by atoms with Crippen molar-refractivity contribution in [3.63, 3.8) is 0 Å². The highest BCUT2D eigenvalue weighted by Gasteiger charge is 2.29. The van der Waals surface area contributed by atoms with E-state index in [9.17, 15) is 4.79 Å². The minimum Gasteiger partial charge on any atom is -0.369 e. The highest BCUT2D eigenvalue weighted by molar-refractivity contribution is 7.10. The molecule has 1 amide bonds. The molecule has 3 N–H and O–H groups in total. The van der Waals surface area contributed by atoms with Gasteiger partial charge in [-0.15, -0.1) is 11.3 Å². The predicted molar refractivity (Wildman–Crippen MR) is 84.6 cm³/mol. The second kappa shape index (κ2) is 6.60. The summed E-state index contributed by atoms with van der Waals surface area (Å²) in [6.45, 7) is 1.47. The second-order valence-corrected chi connectivity index (χ2v) is 6.48. The smallest absolute Gasteiger partial charge is 0.249 e. The monoisotopic (exact) mass is 320 g/mol. The van der Waals surface area contributed by atoms with Gasteiger partial charge in [-0.25, -0.2) is 4.98 Å². The van der Waals surface area contributed by atoms with Crippen molar-refractivity contribution in [2.75, 3.05) is 6.61 Å². The normalized spacial score (nSPS) is 21.9. The van der Waals surface area contributed by atoms with Crippen molar-refractivity contribution in [2.24, 2.45) is 12.8 Å². The lowest BCUT2D eigenvalue weighted by atomic mass is 10.0. The molecule has 1 fully saturated rings. The molecule has 2 aromatic rings. The molecule has 1 aliphatic heterocycles. The summed E-state index contributed by atoms with van der Waals surface area (Å²) in [5, 5.41) is 5.33. The lowest BCUT2D eigenvalue weighted by Crippen LogP contribution is -2.40. The lowest BCUT2D eigenvalue weighted by Gasteiger charge is -2.32. The molecule has 2 atom stereocenters. The number of aryl methyl sites for hydroxylation is 1. The van der Waals surface area contributed by atoms with Gasteiger partial charge in [0.1, 0.15) is 11.9 Å². The van der Waals surface area contributed by atoms with E-state index in [0.717, 1.165) is 30.2 Å². The van der Waals surface area contributed by atoms with Crippen molar-refractivity contribution in [1.29, 1.82) is 0 Å². The molecule has 2 aromatic heterocycles. The van der Waals surface area contributed by atoms with Gasteiger partial charge in [-0.3, -0.25) is 4.79 Å². The van der Waals surface area contributed by atoms with E-state index in [0.29, 0.717) is 12.1 Å². The molecule has 0 unspecified atom stereocenters. The molecule has 0 aromatic carbocycles. The van der Waals surface area contributed by atoms with E-state index in [2.05, 4.69) is 10.3 Å². The third-order valence-corrected chi connectivity index (χ3v) is 4.85. The lowest BCUT2D eigenvalue weighted by molar-refractivity contribution is -0.0177. The average molecular weight is 320 g/mol. The van der Waals surface area contributed by atoms with Crippen LogP contribution in [0.4, 0.5) is 0 Å². The van der Waals surface area contributed by atoms with Gasteiger partial charge in [-0.05, 0) is 18.9 Å². The number of aromatic nitrogens is 2. The molecule has 6 nitrogen and oxygen atoms in total. The van der Waals surface area contributed by atoms with Crippen molar-refractivity contribution in [2.45, 2.75) is 31.5 Å². The number of thiophene rings is 1. The van der Waals surface area contributed by atoms with Crippen LogP contribution in [0.15, 0.2) is 23.8 Å². The first-order valence-electron chi connectivity index (χ1n) is 7.34. The highest BCUT2D eigenvalue weighted by Crippen LogP contribution is 2.27. The number of primary amides is 1. The van der Waals surface area contributed by atoms with E-state index < -0.39 is 0 Å². The third kappa shape index (κ3) is 3.21. The average Bonchev–Trinajstić information content (AvgIpc) is 3.14. The number of nitrogens with zero attached hydrogens (tertiary/aromatic N) is 2. The van der Waals surface area contributed by atoms with Crippen molar-refractivity contribution < 1.29 is 9.53 Å². The Bertz CT molecular complexity index is 652. The molecule has 22 heavy (non-hydrogen) atoms. The van der Waals surface area contributed by atoms with Gasteiger partial charge in [0.05, 0.1) is 5.56 Å². The molecule has 1 saturated heterocycles. The van der Waals surface area contributed by atoms with Gasteiger partial charge in [0.25, 0.3) is 0 Å². The molecule has 7 heteroatoms. The summed E-state index contributed by atoms with van der Waals surface area (Å²) in [4.78, 5) is 16.6. The van der Waals surface area contributed by atoms with Crippen LogP contribution in [0.2, 0.25) is 0 Å². The minimum absolute atomic E-state index is 0.0377. The number of hydrogen-bond acceptors (Lipinski definition) is 5. The molecule has 1 aliphatic rings. The zero-order valence-corrected chi connectivity index (χ0v) is 13.3. The molecule has 0 saturated carbocycles. The first-order chi connectivity index (χ1) is 10.6. The Labute approximate surface area is 133 Å². The first-order valence-corrected chi connectivity index (χ1v) is 8.22. The van der Waals surface area contributed by atoms with Gasteiger partial charge < -0.3 is 20.4 Å². The Balaban J connectivity index is 1.66. The van der Waals surface area contributed by atoms with E-state index in [1.807, 2.05) is 23.9 Å². The van der Waals surface area contributed by atoms with E-state index in [1.54, 1.807) is 22.9 Å². The summed E-state index contributed by atoms with van der Waals surface area (Å²) in [5.41, 5.74) is 5.86. The summed E-state index contributed by atoms with van der Waals surface area (Å²) in [6.07, 6.45) is 5.77. The van der Waals surface area contributed by atoms with Gasteiger partial charge in [0.15, 0.2) is 0 Å². The number of rotatable bonds is 5. The van der Waals surface area contributed by atoms with Crippen LogP contribution in [0.5, 0.6) is 0 Å². The van der Waals surface area contributed by atoms with Gasteiger partial charge in [0, 0.05) is 48.9 Å². The number of carbonyl (C=O) groups is 1. The van der Waals surface area contributed by atoms with E-state index in [4.69, 9.17) is 10.5 Å². The number of imidazole rings is 1. The van der Waals surface area contributed by atoms with Crippen LogP contribution < -0.4 is 11.1 Å². The maximum atomic E-state index is 11.1. The summed E-state index contributed by atoms with van der Waals surface area (Å²) < 4.78 is 7.93. The summed E-state index contributed by atoms with van der Waals surface area (Å²) in [5.74, 6) is 0.565.